The van der Waals surface area contributed by atoms with E-state index < -0.39 is 0 Å². The molecule has 1 aliphatic rings. The van der Waals surface area contributed by atoms with Crippen LogP contribution in [0.25, 0.3) is 0 Å². The van der Waals surface area contributed by atoms with Crippen LogP contribution in [-0.4, -0.2) is 63.2 Å². The molecule has 9 nitrogen and oxygen atoms in total. The molecule has 0 atom stereocenters. The van der Waals surface area contributed by atoms with Gasteiger partial charge in [0.05, 0.1) is 0 Å². The van der Waals surface area contributed by atoms with Crippen LogP contribution in [0.2, 0.25) is 0 Å². The molecule has 0 bridgehead atoms. The summed E-state index contributed by atoms with van der Waals surface area (Å²) >= 11 is 1.50. The smallest absolute Gasteiger partial charge is 0.221 e. The molecular formula is C24H32N8OS. The van der Waals surface area contributed by atoms with Crippen LogP contribution in [0.3, 0.4) is 0 Å². The molecule has 34 heavy (non-hydrogen) atoms. The summed E-state index contributed by atoms with van der Waals surface area (Å²) in [4.78, 5) is 26.9. The fourth-order valence-electron chi connectivity index (χ4n) is 3.93. The van der Waals surface area contributed by atoms with Gasteiger partial charge in [-0.05, 0) is 63.7 Å². The Morgan fingerprint density at radius 1 is 1.09 bits per heavy atom. The average Bonchev–Trinajstić information content (AvgIpc) is 3.21. The first-order valence-corrected chi connectivity index (χ1v) is 12.3. The monoisotopic (exact) mass is 480 g/mol. The van der Waals surface area contributed by atoms with E-state index in [1.807, 2.05) is 37.3 Å². The topological polar surface area (TPSA) is 102 Å². The Hall–Kier alpha value is -3.11. The molecule has 0 radical (unpaired) electrons. The lowest BCUT2D eigenvalue weighted by Gasteiger charge is -2.38. The fraction of sp³-hybridized carbons (Fsp3) is 0.417. The predicted molar refractivity (Wildman–Crippen MR) is 137 cm³/mol. The summed E-state index contributed by atoms with van der Waals surface area (Å²) in [5.41, 5.74) is 2.75. The normalized spacial score (nSPS) is 14.5. The second-order valence-electron chi connectivity index (χ2n) is 8.79. The number of carbonyl (C=O) groups excluding carboxylic acids is 1. The van der Waals surface area contributed by atoms with Gasteiger partial charge in [0.1, 0.15) is 11.6 Å². The zero-order valence-corrected chi connectivity index (χ0v) is 21.2. The number of aryl methyl sites for hydroxylation is 1. The molecule has 0 unspecified atom stereocenters. The number of amides is 1. The maximum atomic E-state index is 11.3. The second-order valence-corrected chi connectivity index (χ2v) is 9.83. The van der Waals surface area contributed by atoms with Gasteiger partial charge in [0, 0.05) is 67.1 Å². The number of carbonyl (C=O) groups is 1. The SMILES string of the molecule is CC(=O)Nc1ccc(Sc2nc(Nc3cc(C)[nH]n3)c(C)c(N3CCN(C(C)C)CC3)n2)cc1. The summed E-state index contributed by atoms with van der Waals surface area (Å²) in [5, 5.41) is 14.1. The molecule has 3 heterocycles. The number of H-pyrrole nitrogens is 1. The number of anilines is 4. The molecule has 1 fully saturated rings. The van der Waals surface area contributed by atoms with Gasteiger partial charge in [-0.1, -0.05) is 0 Å². The van der Waals surface area contributed by atoms with Crippen molar-refractivity contribution in [1.29, 1.82) is 0 Å². The first kappa shape index (κ1) is 24.0. The lowest BCUT2D eigenvalue weighted by molar-refractivity contribution is -0.114. The molecule has 3 N–H and O–H groups in total. The van der Waals surface area contributed by atoms with Crippen molar-refractivity contribution in [3.63, 3.8) is 0 Å². The molecular weight excluding hydrogens is 448 g/mol. The highest BCUT2D eigenvalue weighted by Crippen LogP contribution is 2.33. The van der Waals surface area contributed by atoms with Crippen molar-refractivity contribution in [2.75, 3.05) is 41.7 Å². The molecule has 1 aliphatic heterocycles. The molecule has 3 aromatic rings. The maximum absolute atomic E-state index is 11.3. The zero-order chi connectivity index (χ0) is 24.2. The molecule has 1 amide bonds. The van der Waals surface area contributed by atoms with Crippen molar-refractivity contribution < 1.29 is 4.79 Å². The Labute approximate surface area is 204 Å². The third kappa shape index (κ3) is 5.87. The Balaban J connectivity index is 1.61. The van der Waals surface area contributed by atoms with Gasteiger partial charge in [-0.25, -0.2) is 9.97 Å². The quantitative estimate of drug-likeness (QED) is 0.433. The van der Waals surface area contributed by atoms with Crippen LogP contribution < -0.4 is 15.5 Å². The minimum Gasteiger partial charge on any atom is -0.354 e. The second kappa shape index (κ2) is 10.4. The Kier molecular flexibility index (Phi) is 7.38. The molecule has 10 heteroatoms. The van der Waals surface area contributed by atoms with Crippen molar-refractivity contribution in [2.45, 2.75) is 50.7 Å². The maximum Gasteiger partial charge on any atom is 0.221 e. The summed E-state index contributed by atoms with van der Waals surface area (Å²) in [6.07, 6.45) is 0. The van der Waals surface area contributed by atoms with Crippen LogP contribution in [-0.2, 0) is 4.79 Å². The number of nitrogens with one attached hydrogen (secondary N) is 3. The van der Waals surface area contributed by atoms with Crippen LogP contribution in [0, 0.1) is 13.8 Å². The first-order chi connectivity index (χ1) is 16.3. The lowest BCUT2D eigenvalue weighted by Crippen LogP contribution is -2.49. The van der Waals surface area contributed by atoms with Gasteiger partial charge in [0.25, 0.3) is 0 Å². The van der Waals surface area contributed by atoms with E-state index in [0.29, 0.717) is 11.2 Å². The van der Waals surface area contributed by atoms with Gasteiger partial charge in [-0.15, -0.1) is 0 Å². The van der Waals surface area contributed by atoms with E-state index in [0.717, 1.165) is 65.5 Å². The van der Waals surface area contributed by atoms with Crippen molar-refractivity contribution >= 4 is 40.8 Å². The average molecular weight is 481 g/mol. The number of hydrogen-bond acceptors (Lipinski definition) is 8. The van der Waals surface area contributed by atoms with Gasteiger partial charge < -0.3 is 15.5 Å². The van der Waals surface area contributed by atoms with Crippen molar-refractivity contribution in [3.05, 3.63) is 41.6 Å². The molecule has 1 saturated heterocycles. The molecule has 1 aromatic carbocycles. The van der Waals surface area contributed by atoms with Gasteiger partial charge >= 0.3 is 0 Å². The van der Waals surface area contributed by atoms with E-state index in [4.69, 9.17) is 9.97 Å². The molecule has 0 aliphatic carbocycles. The third-order valence-electron chi connectivity index (χ3n) is 5.78. The lowest BCUT2D eigenvalue weighted by atomic mass is 10.2. The largest absolute Gasteiger partial charge is 0.354 e. The molecule has 180 valence electrons. The van der Waals surface area contributed by atoms with Crippen LogP contribution in [0.4, 0.5) is 23.1 Å². The van der Waals surface area contributed by atoms with E-state index in [9.17, 15) is 4.79 Å². The number of benzene rings is 1. The molecule has 4 rings (SSSR count). The van der Waals surface area contributed by atoms with Gasteiger partial charge in [-0.2, -0.15) is 5.10 Å². The van der Waals surface area contributed by atoms with Crippen molar-refractivity contribution in [2.24, 2.45) is 0 Å². The van der Waals surface area contributed by atoms with E-state index in [1.165, 1.54) is 18.7 Å². The predicted octanol–water partition coefficient (Wildman–Crippen LogP) is 4.20. The number of rotatable bonds is 7. The summed E-state index contributed by atoms with van der Waals surface area (Å²) in [7, 11) is 0. The number of aromatic nitrogens is 4. The first-order valence-electron chi connectivity index (χ1n) is 11.5. The number of nitrogens with zero attached hydrogens (tertiary/aromatic N) is 5. The third-order valence-corrected chi connectivity index (χ3v) is 6.65. The summed E-state index contributed by atoms with van der Waals surface area (Å²) in [6, 6.07) is 10.2. The van der Waals surface area contributed by atoms with Crippen LogP contribution >= 0.6 is 11.8 Å². The standard InChI is InChI=1S/C24H32N8OS/c1-15(2)31-10-12-32(13-11-31)23-17(4)22(26-21-14-16(3)29-30-21)27-24(28-23)34-20-8-6-19(7-9-20)25-18(5)33/h6-9,14-15H,10-13H2,1-5H3,(H,25,33)(H2,26,27,28,29,30). The highest BCUT2D eigenvalue weighted by Gasteiger charge is 2.23. The zero-order valence-electron chi connectivity index (χ0n) is 20.3. The van der Waals surface area contributed by atoms with Gasteiger partial charge in [0.15, 0.2) is 11.0 Å². The van der Waals surface area contributed by atoms with Crippen LogP contribution in [0.1, 0.15) is 32.0 Å². The highest BCUT2D eigenvalue weighted by atomic mass is 32.2. The number of hydrogen-bond donors (Lipinski definition) is 3. The summed E-state index contributed by atoms with van der Waals surface area (Å²) < 4.78 is 0. The molecule has 0 saturated carbocycles. The Morgan fingerprint density at radius 3 is 2.38 bits per heavy atom. The van der Waals surface area contributed by atoms with E-state index in [2.05, 4.69) is 51.4 Å². The summed E-state index contributed by atoms with van der Waals surface area (Å²) in [5.74, 6) is 2.34. The van der Waals surface area contributed by atoms with E-state index in [1.54, 1.807) is 0 Å². The van der Waals surface area contributed by atoms with E-state index >= 15 is 0 Å². The van der Waals surface area contributed by atoms with Gasteiger partial charge in [0.2, 0.25) is 5.91 Å². The number of piperazine rings is 1. The van der Waals surface area contributed by atoms with Crippen LogP contribution in [0.15, 0.2) is 40.4 Å². The Morgan fingerprint density at radius 2 is 1.79 bits per heavy atom. The van der Waals surface area contributed by atoms with E-state index in [-0.39, 0.29) is 5.91 Å². The molecule has 0 spiro atoms. The fourth-order valence-corrected chi connectivity index (χ4v) is 4.68. The summed E-state index contributed by atoms with van der Waals surface area (Å²) in [6.45, 7) is 13.9. The van der Waals surface area contributed by atoms with Crippen molar-refractivity contribution in [3.8, 4) is 0 Å². The Bertz CT molecular complexity index is 1140. The number of aromatic amines is 1. The minimum absolute atomic E-state index is 0.0891. The minimum atomic E-state index is -0.0891. The molecule has 2 aromatic heterocycles. The van der Waals surface area contributed by atoms with Crippen LogP contribution in [0.5, 0.6) is 0 Å². The van der Waals surface area contributed by atoms with Gasteiger partial charge in [-0.3, -0.25) is 14.8 Å². The highest BCUT2D eigenvalue weighted by molar-refractivity contribution is 7.99. The van der Waals surface area contributed by atoms with Crippen molar-refractivity contribution in [1.82, 2.24) is 25.1 Å².